The summed E-state index contributed by atoms with van der Waals surface area (Å²) >= 11 is 0. The lowest BCUT2D eigenvalue weighted by molar-refractivity contribution is 0.174. The Kier molecular flexibility index (Phi) is 5.82. The first-order valence-corrected chi connectivity index (χ1v) is 12.4. The molecule has 0 bridgehead atoms. The van der Waals surface area contributed by atoms with Crippen molar-refractivity contribution in [2.45, 2.75) is 31.8 Å². The van der Waals surface area contributed by atoms with Crippen LogP contribution >= 0.6 is 0 Å². The first-order valence-electron chi connectivity index (χ1n) is 11.0. The van der Waals surface area contributed by atoms with Crippen LogP contribution < -0.4 is 15.0 Å². The topological polar surface area (TPSA) is 88.7 Å². The van der Waals surface area contributed by atoms with Gasteiger partial charge < -0.3 is 14.5 Å². The van der Waals surface area contributed by atoms with Crippen molar-refractivity contribution >= 4 is 20.9 Å². The van der Waals surface area contributed by atoms with E-state index < -0.39 is 15.8 Å². The Balaban J connectivity index is 1.58. The highest BCUT2D eigenvalue weighted by Crippen LogP contribution is 2.33. The summed E-state index contributed by atoms with van der Waals surface area (Å²) in [6.07, 6.45) is 0. The van der Waals surface area contributed by atoms with E-state index in [1.165, 1.54) is 16.4 Å². The van der Waals surface area contributed by atoms with Crippen LogP contribution in [0.5, 0.6) is 11.5 Å². The van der Waals surface area contributed by atoms with Crippen molar-refractivity contribution in [3.63, 3.8) is 0 Å². The van der Waals surface area contributed by atoms with Crippen LogP contribution in [0, 0.1) is 19.7 Å². The molecule has 1 aliphatic rings. The second-order valence-corrected chi connectivity index (χ2v) is 10.5. The number of halogens is 1. The summed E-state index contributed by atoms with van der Waals surface area (Å²) in [5.74, 6) is 0.567. The number of nitrogens with zero attached hydrogens (tertiary/aromatic N) is 1. The molecule has 0 fully saturated rings. The Labute approximate surface area is 201 Å². The van der Waals surface area contributed by atoms with Crippen LogP contribution in [0.25, 0.3) is 10.9 Å². The molecule has 5 rings (SSSR count). The fraction of sp³-hybridized carbons (Fsp3) is 0.192. The zero-order valence-electron chi connectivity index (χ0n) is 19.2. The molecule has 0 spiro atoms. The predicted octanol–water partition coefficient (Wildman–Crippen LogP) is 4.40. The maximum Gasteiger partial charge on any atom is 0.252 e. The number of rotatable bonds is 6. The van der Waals surface area contributed by atoms with E-state index in [0.29, 0.717) is 22.6 Å². The quantitative estimate of drug-likeness (QED) is 0.429. The lowest BCUT2D eigenvalue weighted by Gasteiger charge is -2.23. The maximum absolute atomic E-state index is 13.6. The smallest absolute Gasteiger partial charge is 0.252 e. The Bertz CT molecular complexity index is 1600. The molecular formula is C26H23FN2O5S. The van der Waals surface area contributed by atoms with Gasteiger partial charge in [-0.25, -0.2) is 12.8 Å². The molecule has 0 aliphatic carbocycles. The van der Waals surface area contributed by atoms with Crippen LogP contribution in [0.1, 0.15) is 22.3 Å². The van der Waals surface area contributed by atoms with Gasteiger partial charge in [0.05, 0.1) is 10.4 Å². The molecule has 2 heterocycles. The highest BCUT2D eigenvalue weighted by atomic mass is 32.2. The van der Waals surface area contributed by atoms with E-state index in [0.717, 1.165) is 34.2 Å². The number of benzene rings is 3. The molecule has 0 saturated carbocycles. The fourth-order valence-electron chi connectivity index (χ4n) is 4.15. The predicted molar refractivity (Wildman–Crippen MR) is 129 cm³/mol. The molecular weight excluding hydrogens is 471 g/mol. The number of H-pyrrole nitrogens is 1. The van der Waals surface area contributed by atoms with Gasteiger partial charge >= 0.3 is 0 Å². The molecule has 0 atom stereocenters. The Morgan fingerprint density at radius 1 is 0.914 bits per heavy atom. The number of hydrogen-bond donors (Lipinski definition) is 1. The minimum Gasteiger partial charge on any atom is -0.454 e. The van der Waals surface area contributed by atoms with Crippen molar-refractivity contribution in [1.29, 1.82) is 0 Å². The zero-order valence-corrected chi connectivity index (χ0v) is 20.0. The Morgan fingerprint density at radius 3 is 2.40 bits per heavy atom. The average Bonchev–Trinajstić information content (AvgIpc) is 3.30. The molecule has 0 amide bonds. The number of fused-ring (bicyclic) bond motifs is 2. The van der Waals surface area contributed by atoms with Crippen LogP contribution in [-0.2, 0) is 23.1 Å². The van der Waals surface area contributed by atoms with Gasteiger partial charge in [0.2, 0.25) is 16.8 Å². The lowest BCUT2D eigenvalue weighted by Crippen LogP contribution is -2.32. The molecule has 4 aromatic rings. The summed E-state index contributed by atoms with van der Waals surface area (Å²) in [5.41, 5.74) is 3.21. The number of ether oxygens (including phenoxy) is 2. The summed E-state index contributed by atoms with van der Waals surface area (Å²) < 4.78 is 52.7. The van der Waals surface area contributed by atoms with Crippen LogP contribution in [-0.4, -0.2) is 24.5 Å². The number of hydrogen-bond acceptors (Lipinski definition) is 5. The fourth-order valence-corrected chi connectivity index (χ4v) is 5.56. The summed E-state index contributed by atoms with van der Waals surface area (Å²) in [5, 5.41) is 0.849. The highest BCUT2D eigenvalue weighted by molar-refractivity contribution is 7.89. The van der Waals surface area contributed by atoms with Gasteiger partial charge in [-0.15, -0.1) is 0 Å². The molecule has 7 nitrogen and oxygen atoms in total. The molecule has 0 unspecified atom stereocenters. The second kappa shape index (κ2) is 8.83. The van der Waals surface area contributed by atoms with Crippen LogP contribution in [0.4, 0.5) is 4.39 Å². The third kappa shape index (κ3) is 4.40. The van der Waals surface area contributed by atoms with Crippen LogP contribution in [0.2, 0.25) is 0 Å². The van der Waals surface area contributed by atoms with Gasteiger partial charge in [-0.1, -0.05) is 18.2 Å². The molecule has 0 radical (unpaired) electrons. The second-order valence-electron chi connectivity index (χ2n) is 8.53. The van der Waals surface area contributed by atoms with Crippen molar-refractivity contribution in [2.75, 3.05) is 6.79 Å². The van der Waals surface area contributed by atoms with Gasteiger partial charge in [0, 0.05) is 24.0 Å². The molecule has 180 valence electrons. The molecule has 1 aromatic heterocycles. The molecule has 35 heavy (non-hydrogen) atoms. The number of sulfonamides is 1. The Morgan fingerprint density at radius 2 is 1.63 bits per heavy atom. The summed E-state index contributed by atoms with van der Waals surface area (Å²) in [6.45, 7) is 3.74. The normalized spacial score (nSPS) is 13.0. The van der Waals surface area contributed by atoms with E-state index in [-0.39, 0.29) is 30.3 Å². The third-order valence-electron chi connectivity index (χ3n) is 6.11. The van der Waals surface area contributed by atoms with E-state index in [1.54, 1.807) is 24.3 Å². The zero-order chi connectivity index (χ0) is 24.7. The van der Waals surface area contributed by atoms with Gasteiger partial charge in [-0.3, -0.25) is 4.79 Å². The number of aromatic nitrogens is 1. The molecule has 3 aromatic carbocycles. The van der Waals surface area contributed by atoms with Crippen molar-refractivity contribution in [3.05, 3.63) is 99.1 Å². The average molecular weight is 495 g/mol. The number of aryl methyl sites for hydroxylation is 2. The minimum atomic E-state index is -4.07. The molecule has 0 saturated heterocycles. The summed E-state index contributed by atoms with van der Waals surface area (Å²) in [7, 11) is -4.07. The van der Waals surface area contributed by atoms with Crippen LogP contribution in [0.15, 0.2) is 70.4 Å². The minimum absolute atomic E-state index is 0.0272. The summed E-state index contributed by atoms with van der Waals surface area (Å²) in [6, 6.07) is 15.4. The molecule has 1 N–H and O–H groups in total. The maximum atomic E-state index is 13.6. The Hall–Kier alpha value is -3.69. The monoisotopic (exact) mass is 494 g/mol. The lowest BCUT2D eigenvalue weighted by atomic mass is 10.0. The summed E-state index contributed by atoms with van der Waals surface area (Å²) in [4.78, 5) is 15.8. The highest BCUT2D eigenvalue weighted by Gasteiger charge is 2.27. The number of aromatic amines is 1. The van der Waals surface area contributed by atoms with E-state index in [9.17, 15) is 17.6 Å². The van der Waals surface area contributed by atoms with E-state index in [4.69, 9.17) is 9.47 Å². The van der Waals surface area contributed by atoms with Gasteiger partial charge in [-0.2, -0.15) is 4.31 Å². The van der Waals surface area contributed by atoms with E-state index in [1.807, 2.05) is 26.0 Å². The van der Waals surface area contributed by atoms with Gasteiger partial charge in [-0.05, 0) is 73.0 Å². The van der Waals surface area contributed by atoms with Crippen LogP contribution in [0.3, 0.4) is 0 Å². The van der Waals surface area contributed by atoms with Gasteiger partial charge in [0.1, 0.15) is 5.82 Å². The van der Waals surface area contributed by atoms with Crippen molar-refractivity contribution in [1.82, 2.24) is 9.29 Å². The van der Waals surface area contributed by atoms with Gasteiger partial charge in [0.15, 0.2) is 11.5 Å². The van der Waals surface area contributed by atoms with E-state index >= 15 is 0 Å². The van der Waals surface area contributed by atoms with Crippen molar-refractivity contribution < 1.29 is 22.3 Å². The standard InChI is InChI=1S/C26H23FN2O5S/c1-16-3-4-17(2)25-22(16)12-19(26(30)28-25)14-29(35(31,32)21-8-6-20(27)7-9-21)13-18-5-10-23-24(11-18)34-15-33-23/h3-12H,13-15H2,1-2H3,(H,28,30). The first-order chi connectivity index (χ1) is 16.7. The SMILES string of the molecule is Cc1ccc(C)c2[nH]c(=O)c(CN(Cc3ccc4c(c3)OCO4)S(=O)(=O)c3ccc(F)cc3)cc12. The van der Waals surface area contributed by atoms with Crippen molar-refractivity contribution in [2.24, 2.45) is 0 Å². The molecule has 1 aliphatic heterocycles. The number of pyridine rings is 1. The largest absolute Gasteiger partial charge is 0.454 e. The third-order valence-corrected chi connectivity index (χ3v) is 7.92. The van der Waals surface area contributed by atoms with Crippen molar-refractivity contribution in [3.8, 4) is 11.5 Å². The molecule has 9 heteroatoms. The number of nitrogens with one attached hydrogen (secondary N) is 1. The van der Waals surface area contributed by atoms with Gasteiger partial charge in [0.25, 0.3) is 5.56 Å². The first kappa shape index (κ1) is 23.1. The van der Waals surface area contributed by atoms with E-state index in [2.05, 4.69) is 4.98 Å².